The van der Waals surface area contributed by atoms with E-state index in [2.05, 4.69) is 27.5 Å². The number of rotatable bonds is 5. The van der Waals surface area contributed by atoms with Crippen LogP contribution in [0.5, 0.6) is 0 Å². The molecule has 1 fully saturated rings. The smallest absolute Gasteiger partial charge is 0.278 e. The van der Waals surface area contributed by atoms with E-state index in [4.69, 9.17) is 0 Å². The van der Waals surface area contributed by atoms with E-state index in [-0.39, 0.29) is 18.0 Å². The summed E-state index contributed by atoms with van der Waals surface area (Å²) >= 11 is 0. The zero-order valence-electron chi connectivity index (χ0n) is 13.9. The number of carbonyl (C=O) groups is 1. The zero-order chi connectivity index (χ0) is 16.9. The first-order valence-electron chi connectivity index (χ1n) is 8.45. The van der Waals surface area contributed by atoms with E-state index in [0.29, 0.717) is 17.4 Å². The van der Waals surface area contributed by atoms with Gasteiger partial charge >= 0.3 is 0 Å². The molecule has 1 aromatic heterocycles. The van der Waals surface area contributed by atoms with Gasteiger partial charge in [-0.15, -0.1) is 5.10 Å². The molecule has 2 aromatic rings. The highest BCUT2D eigenvalue weighted by Crippen LogP contribution is 2.14. The van der Waals surface area contributed by atoms with Gasteiger partial charge in [0.05, 0.1) is 5.39 Å². The lowest BCUT2D eigenvalue weighted by Crippen LogP contribution is -2.41. The van der Waals surface area contributed by atoms with Crippen LogP contribution in [0.3, 0.4) is 0 Å². The number of aromatic nitrogens is 3. The van der Waals surface area contributed by atoms with Gasteiger partial charge in [0.15, 0.2) is 0 Å². The van der Waals surface area contributed by atoms with Gasteiger partial charge in [-0.1, -0.05) is 24.3 Å². The summed E-state index contributed by atoms with van der Waals surface area (Å²) in [4.78, 5) is 26.7. The second-order valence-electron chi connectivity index (χ2n) is 6.47. The second kappa shape index (κ2) is 7.53. The van der Waals surface area contributed by atoms with Gasteiger partial charge in [0, 0.05) is 19.6 Å². The molecule has 1 atom stereocenters. The Hall–Kier alpha value is -2.28. The number of hydrogen-bond donors (Lipinski definition) is 1. The average molecular weight is 329 g/mol. The van der Waals surface area contributed by atoms with Gasteiger partial charge in [-0.05, 0) is 37.4 Å². The standard InChI is InChI=1S/C17H23N5O2/c1-13-5-4-9-21(11-13)10-8-18-16(23)12-22-17(24)14-6-2-3-7-15(14)19-20-22/h2-3,6-7,13H,4-5,8-12H2,1H3,(H,18,23)/t13-/m1/s1. The molecule has 0 spiro atoms. The number of fused-ring (bicyclic) bond motifs is 1. The maximum Gasteiger partial charge on any atom is 0.278 e. The van der Waals surface area contributed by atoms with Crippen LogP contribution in [0.15, 0.2) is 29.1 Å². The third-order valence-electron chi connectivity index (χ3n) is 4.41. The molecule has 1 aliphatic heterocycles. The molecular weight excluding hydrogens is 306 g/mol. The largest absolute Gasteiger partial charge is 0.353 e. The summed E-state index contributed by atoms with van der Waals surface area (Å²) in [5.74, 6) is 0.507. The molecule has 0 unspecified atom stereocenters. The van der Waals surface area contributed by atoms with Crippen LogP contribution in [0.2, 0.25) is 0 Å². The van der Waals surface area contributed by atoms with Crippen LogP contribution >= 0.6 is 0 Å². The van der Waals surface area contributed by atoms with E-state index in [0.717, 1.165) is 30.2 Å². The van der Waals surface area contributed by atoms with Crippen molar-refractivity contribution < 1.29 is 4.79 Å². The Bertz CT molecular complexity index is 773. The third kappa shape index (κ3) is 3.97. The van der Waals surface area contributed by atoms with E-state index in [1.165, 1.54) is 12.8 Å². The highest BCUT2D eigenvalue weighted by molar-refractivity contribution is 5.78. The molecule has 0 bridgehead atoms. The second-order valence-corrected chi connectivity index (χ2v) is 6.47. The molecule has 1 saturated heterocycles. The third-order valence-corrected chi connectivity index (χ3v) is 4.41. The molecule has 24 heavy (non-hydrogen) atoms. The molecule has 1 aromatic carbocycles. The van der Waals surface area contributed by atoms with Gasteiger partial charge in [0.1, 0.15) is 12.1 Å². The van der Waals surface area contributed by atoms with Crippen molar-refractivity contribution in [2.75, 3.05) is 26.2 Å². The molecule has 7 nitrogen and oxygen atoms in total. The number of benzene rings is 1. The first-order valence-corrected chi connectivity index (χ1v) is 8.45. The minimum absolute atomic E-state index is 0.104. The van der Waals surface area contributed by atoms with Crippen LogP contribution in [0.4, 0.5) is 0 Å². The molecule has 1 amide bonds. The van der Waals surface area contributed by atoms with Crippen LogP contribution in [0.1, 0.15) is 19.8 Å². The summed E-state index contributed by atoms with van der Waals surface area (Å²) < 4.78 is 1.11. The normalized spacial score (nSPS) is 18.6. The van der Waals surface area contributed by atoms with Crippen LogP contribution in [-0.2, 0) is 11.3 Å². The Balaban J connectivity index is 1.53. The first-order chi connectivity index (χ1) is 11.6. The van der Waals surface area contributed by atoms with Crippen LogP contribution in [0, 0.1) is 5.92 Å². The van der Waals surface area contributed by atoms with Crippen molar-refractivity contribution >= 4 is 16.8 Å². The maximum absolute atomic E-state index is 12.3. The van der Waals surface area contributed by atoms with Crippen LogP contribution in [-0.4, -0.2) is 52.0 Å². The maximum atomic E-state index is 12.3. The van der Waals surface area contributed by atoms with Crippen molar-refractivity contribution in [1.82, 2.24) is 25.2 Å². The molecule has 0 saturated carbocycles. The zero-order valence-corrected chi connectivity index (χ0v) is 13.9. The summed E-state index contributed by atoms with van der Waals surface area (Å²) in [5, 5.41) is 11.2. The quantitative estimate of drug-likeness (QED) is 0.871. The molecule has 0 aliphatic carbocycles. The lowest BCUT2D eigenvalue weighted by molar-refractivity contribution is -0.122. The minimum atomic E-state index is -0.291. The Morgan fingerprint density at radius 3 is 3.04 bits per heavy atom. The van der Waals surface area contributed by atoms with Gasteiger partial charge in [0.2, 0.25) is 5.91 Å². The van der Waals surface area contributed by atoms with E-state index in [1.54, 1.807) is 24.3 Å². The summed E-state index contributed by atoms with van der Waals surface area (Å²) in [6.07, 6.45) is 2.50. The van der Waals surface area contributed by atoms with E-state index < -0.39 is 0 Å². The number of nitrogens with one attached hydrogen (secondary N) is 1. The molecule has 0 radical (unpaired) electrons. The fourth-order valence-corrected chi connectivity index (χ4v) is 3.16. The fraction of sp³-hybridized carbons (Fsp3) is 0.529. The first kappa shape index (κ1) is 16.6. The van der Waals surface area contributed by atoms with E-state index in [9.17, 15) is 9.59 Å². The van der Waals surface area contributed by atoms with Crippen molar-refractivity contribution in [3.63, 3.8) is 0 Å². The predicted octanol–water partition coefficient (Wildman–Crippen LogP) is 0.640. The van der Waals surface area contributed by atoms with Crippen LogP contribution in [0.25, 0.3) is 10.9 Å². The Morgan fingerprint density at radius 2 is 2.21 bits per heavy atom. The Labute approximate surface area is 140 Å². The van der Waals surface area contributed by atoms with Gasteiger partial charge in [0.25, 0.3) is 5.56 Å². The number of likely N-dealkylation sites (tertiary alicyclic amines) is 1. The SMILES string of the molecule is C[C@@H]1CCCN(CCNC(=O)Cn2nnc3ccccc3c2=O)C1. The van der Waals surface area contributed by atoms with Gasteiger partial charge < -0.3 is 10.2 Å². The summed E-state index contributed by atoms with van der Waals surface area (Å²) in [6.45, 7) is 5.76. The molecule has 1 N–H and O–H groups in total. The van der Waals surface area contributed by atoms with Crippen LogP contribution < -0.4 is 10.9 Å². The number of carbonyl (C=O) groups excluding carboxylic acids is 1. The molecule has 2 heterocycles. The lowest BCUT2D eigenvalue weighted by Gasteiger charge is -2.30. The van der Waals surface area contributed by atoms with Crippen molar-refractivity contribution in [2.24, 2.45) is 5.92 Å². The van der Waals surface area contributed by atoms with Gasteiger partial charge in [-0.3, -0.25) is 9.59 Å². The Morgan fingerprint density at radius 1 is 1.38 bits per heavy atom. The van der Waals surface area contributed by atoms with E-state index in [1.807, 2.05) is 0 Å². The molecule has 3 rings (SSSR count). The van der Waals surface area contributed by atoms with Gasteiger partial charge in [-0.25, -0.2) is 4.68 Å². The Kier molecular flexibility index (Phi) is 5.20. The number of hydrogen-bond acceptors (Lipinski definition) is 5. The van der Waals surface area contributed by atoms with Crippen molar-refractivity contribution in [2.45, 2.75) is 26.3 Å². The van der Waals surface area contributed by atoms with Crippen molar-refractivity contribution in [1.29, 1.82) is 0 Å². The lowest BCUT2D eigenvalue weighted by atomic mass is 10.0. The average Bonchev–Trinajstić information content (AvgIpc) is 2.58. The summed E-state index contributed by atoms with van der Waals surface area (Å²) in [5.41, 5.74) is 0.249. The number of nitrogens with zero attached hydrogens (tertiary/aromatic N) is 4. The van der Waals surface area contributed by atoms with Gasteiger partial charge in [-0.2, -0.15) is 0 Å². The van der Waals surface area contributed by atoms with Crippen molar-refractivity contribution in [3.05, 3.63) is 34.6 Å². The molecular formula is C17H23N5O2. The summed E-state index contributed by atoms with van der Waals surface area (Å²) in [7, 11) is 0. The predicted molar refractivity (Wildman–Crippen MR) is 91.6 cm³/mol. The fourth-order valence-electron chi connectivity index (χ4n) is 3.16. The molecule has 1 aliphatic rings. The molecule has 128 valence electrons. The van der Waals surface area contributed by atoms with Crippen molar-refractivity contribution in [3.8, 4) is 0 Å². The van der Waals surface area contributed by atoms with E-state index >= 15 is 0 Å². The number of piperidine rings is 1. The molecule has 7 heteroatoms. The monoisotopic (exact) mass is 329 g/mol. The number of amides is 1. The highest BCUT2D eigenvalue weighted by Gasteiger charge is 2.16. The minimum Gasteiger partial charge on any atom is -0.353 e. The topological polar surface area (TPSA) is 80.1 Å². The summed E-state index contributed by atoms with van der Waals surface area (Å²) in [6, 6.07) is 7.00. The highest BCUT2D eigenvalue weighted by atomic mass is 16.2.